The van der Waals surface area contributed by atoms with Crippen LogP contribution in [0.1, 0.15) is 51.6 Å². The quantitative estimate of drug-likeness (QED) is 0.797. The highest BCUT2D eigenvalue weighted by molar-refractivity contribution is 7.16. The zero-order chi connectivity index (χ0) is 18.6. The molecule has 0 fully saturated rings. The number of carbonyl (C=O) groups is 2. The van der Waals surface area contributed by atoms with Crippen molar-refractivity contribution in [1.82, 2.24) is 9.78 Å². The van der Waals surface area contributed by atoms with Gasteiger partial charge >= 0.3 is 5.97 Å². The summed E-state index contributed by atoms with van der Waals surface area (Å²) < 4.78 is 6.33. The Morgan fingerprint density at radius 1 is 1.28 bits per heavy atom. The second kappa shape index (κ2) is 8.06. The van der Waals surface area contributed by atoms with Crippen LogP contribution in [0.4, 0.5) is 5.00 Å². The number of aryl methyl sites for hydroxylation is 2. The summed E-state index contributed by atoms with van der Waals surface area (Å²) >= 11 is 1.31. The summed E-state index contributed by atoms with van der Waals surface area (Å²) in [5.74, 6) is -0.944. The molecule has 25 heavy (non-hydrogen) atoms. The Morgan fingerprint density at radius 3 is 2.64 bits per heavy atom. The van der Waals surface area contributed by atoms with Gasteiger partial charge in [0.2, 0.25) is 0 Å². The van der Waals surface area contributed by atoms with E-state index in [0.717, 1.165) is 16.9 Å². The SMILES string of the molecule is CCCn1nc(C(=O)Nc2sc(C)c(C)c2C(=O)OCC)ccc1=O. The molecule has 0 spiro atoms. The molecule has 0 unspecified atom stereocenters. The van der Waals surface area contributed by atoms with Crippen molar-refractivity contribution in [3.8, 4) is 0 Å². The van der Waals surface area contributed by atoms with E-state index in [2.05, 4.69) is 10.4 Å². The topological polar surface area (TPSA) is 90.3 Å². The van der Waals surface area contributed by atoms with E-state index in [0.29, 0.717) is 17.1 Å². The molecule has 0 aliphatic rings. The van der Waals surface area contributed by atoms with Crippen LogP contribution in [0.15, 0.2) is 16.9 Å². The predicted molar refractivity (Wildman–Crippen MR) is 96.5 cm³/mol. The summed E-state index contributed by atoms with van der Waals surface area (Å²) in [5.41, 5.74) is 1.00. The average molecular weight is 363 g/mol. The van der Waals surface area contributed by atoms with Crippen LogP contribution in [0.3, 0.4) is 0 Å². The molecule has 8 heteroatoms. The number of carbonyl (C=O) groups excluding carboxylic acids is 2. The van der Waals surface area contributed by atoms with Crippen LogP contribution in [-0.4, -0.2) is 28.3 Å². The Bertz CT molecular complexity index is 854. The Balaban J connectivity index is 2.32. The van der Waals surface area contributed by atoms with Gasteiger partial charge in [0, 0.05) is 17.5 Å². The zero-order valence-corrected chi connectivity index (χ0v) is 15.5. The number of nitrogens with one attached hydrogen (secondary N) is 1. The third-order valence-corrected chi connectivity index (χ3v) is 4.75. The van der Waals surface area contributed by atoms with E-state index in [9.17, 15) is 14.4 Å². The molecule has 134 valence electrons. The first-order valence-corrected chi connectivity index (χ1v) is 8.87. The first kappa shape index (κ1) is 18.9. The molecule has 0 aromatic carbocycles. The van der Waals surface area contributed by atoms with Crippen LogP contribution in [0.5, 0.6) is 0 Å². The van der Waals surface area contributed by atoms with Crippen LogP contribution in [0.25, 0.3) is 0 Å². The van der Waals surface area contributed by atoms with Crippen LogP contribution in [-0.2, 0) is 11.3 Å². The van der Waals surface area contributed by atoms with E-state index in [1.165, 1.54) is 28.2 Å². The minimum Gasteiger partial charge on any atom is -0.462 e. The highest BCUT2D eigenvalue weighted by atomic mass is 32.1. The molecule has 2 heterocycles. The van der Waals surface area contributed by atoms with Gasteiger partial charge in [-0.25, -0.2) is 9.48 Å². The normalized spacial score (nSPS) is 10.6. The first-order valence-electron chi connectivity index (χ1n) is 8.05. The molecule has 0 saturated heterocycles. The zero-order valence-electron chi connectivity index (χ0n) is 14.7. The first-order chi connectivity index (χ1) is 11.9. The number of rotatable bonds is 6. The van der Waals surface area contributed by atoms with E-state index in [1.807, 2.05) is 20.8 Å². The molecule has 0 radical (unpaired) electrons. The maximum Gasteiger partial charge on any atom is 0.341 e. The van der Waals surface area contributed by atoms with Gasteiger partial charge in [0.1, 0.15) is 10.7 Å². The average Bonchev–Trinajstić information content (AvgIpc) is 2.84. The molecule has 1 amide bonds. The Hall–Kier alpha value is -2.48. The number of nitrogens with zero attached hydrogens (tertiary/aromatic N) is 2. The van der Waals surface area contributed by atoms with Crippen molar-refractivity contribution in [2.24, 2.45) is 0 Å². The molecule has 7 nitrogen and oxygen atoms in total. The summed E-state index contributed by atoms with van der Waals surface area (Å²) in [5, 5.41) is 7.22. The van der Waals surface area contributed by atoms with Gasteiger partial charge in [-0.15, -0.1) is 11.3 Å². The van der Waals surface area contributed by atoms with Gasteiger partial charge < -0.3 is 10.1 Å². The van der Waals surface area contributed by atoms with Crippen LogP contribution in [0, 0.1) is 13.8 Å². The fourth-order valence-electron chi connectivity index (χ4n) is 2.27. The second-order valence-corrected chi connectivity index (χ2v) is 6.67. The second-order valence-electron chi connectivity index (χ2n) is 5.44. The standard InChI is InChI=1S/C17H21N3O4S/c1-5-9-20-13(21)8-7-12(19-20)15(22)18-16-14(17(23)24-6-2)10(3)11(4)25-16/h7-8H,5-6,9H2,1-4H3,(H,18,22). The maximum absolute atomic E-state index is 12.5. The third-order valence-electron chi connectivity index (χ3n) is 3.63. The van der Waals surface area contributed by atoms with Crippen molar-refractivity contribution < 1.29 is 14.3 Å². The largest absolute Gasteiger partial charge is 0.462 e. The monoisotopic (exact) mass is 363 g/mol. The van der Waals surface area contributed by atoms with E-state index >= 15 is 0 Å². The number of ether oxygens (including phenoxy) is 1. The van der Waals surface area contributed by atoms with Gasteiger partial charge in [-0.2, -0.15) is 5.10 Å². The molecule has 0 saturated carbocycles. The lowest BCUT2D eigenvalue weighted by molar-refractivity contribution is 0.0527. The fourth-order valence-corrected chi connectivity index (χ4v) is 3.32. The number of amides is 1. The third kappa shape index (κ3) is 4.14. The molecule has 0 aliphatic heterocycles. The highest BCUT2D eigenvalue weighted by Crippen LogP contribution is 2.33. The Morgan fingerprint density at radius 2 is 2.00 bits per heavy atom. The van der Waals surface area contributed by atoms with Gasteiger partial charge in [0.15, 0.2) is 0 Å². The Labute approximate surface area is 149 Å². The summed E-state index contributed by atoms with van der Waals surface area (Å²) in [6, 6.07) is 2.69. The molecule has 2 aromatic rings. The molecule has 0 atom stereocenters. The fraction of sp³-hybridized carbons (Fsp3) is 0.412. The van der Waals surface area contributed by atoms with Crippen LogP contribution < -0.4 is 10.9 Å². The number of aromatic nitrogens is 2. The molecular weight excluding hydrogens is 342 g/mol. The van der Waals surface area contributed by atoms with Gasteiger partial charge in [-0.1, -0.05) is 6.92 Å². The van der Waals surface area contributed by atoms with E-state index in [-0.39, 0.29) is 17.9 Å². The van der Waals surface area contributed by atoms with Gasteiger partial charge in [-0.3, -0.25) is 9.59 Å². The van der Waals surface area contributed by atoms with Gasteiger partial charge in [0.25, 0.3) is 11.5 Å². The molecule has 1 N–H and O–H groups in total. The summed E-state index contributed by atoms with van der Waals surface area (Å²) in [6.07, 6.45) is 0.730. The molecule has 2 rings (SSSR count). The van der Waals surface area contributed by atoms with Gasteiger partial charge in [-0.05, 0) is 38.8 Å². The number of hydrogen-bond donors (Lipinski definition) is 1. The molecule has 0 bridgehead atoms. The number of esters is 1. The van der Waals surface area contributed by atoms with Crippen LogP contribution in [0.2, 0.25) is 0 Å². The smallest absolute Gasteiger partial charge is 0.341 e. The number of thiophene rings is 1. The number of anilines is 1. The maximum atomic E-state index is 12.5. The minimum absolute atomic E-state index is 0.117. The molecular formula is C17H21N3O4S. The van der Waals surface area contributed by atoms with Gasteiger partial charge in [0.05, 0.1) is 12.2 Å². The van der Waals surface area contributed by atoms with E-state index in [4.69, 9.17) is 4.74 Å². The van der Waals surface area contributed by atoms with Crippen molar-refractivity contribution in [3.05, 3.63) is 44.2 Å². The predicted octanol–water partition coefficient (Wildman–Crippen LogP) is 2.76. The van der Waals surface area contributed by atoms with Crippen molar-refractivity contribution in [3.63, 3.8) is 0 Å². The van der Waals surface area contributed by atoms with Crippen molar-refractivity contribution >= 4 is 28.2 Å². The summed E-state index contributed by atoms with van der Waals surface area (Å²) in [4.78, 5) is 37.3. The lowest BCUT2D eigenvalue weighted by atomic mass is 10.1. The van der Waals surface area contributed by atoms with Crippen LogP contribution >= 0.6 is 11.3 Å². The Kier molecular flexibility index (Phi) is 6.08. The van der Waals surface area contributed by atoms with E-state index < -0.39 is 11.9 Å². The van der Waals surface area contributed by atoms with E-state index in [1.54, 1.807) is 6.92 Å². The van der Waals surface area contributed by atoms with Crippen molar-refractivity contribution in [2.75, 3.05) is 11.9 Å². The highest BCUT2D eigenvalue weighted by Gasteiger charge is 2.23. The minimum atomic E-state index is -0.475. The molecule has 0 aliphatic carbocycles. The number of hydrogen-bond acceptors (Lipinski definition) is 6. The summed E-state index contributed by atoms with van der Waals surface area (Å²) in [7, 11) is 0. The van der Waals surface area contributed by atoms with Crippen molar-refractivity contribution in [2.45, 2.75) is 40.7 Å². The lowest BCUT2D eigenvalue weighted by Crippen LogP contribution is -2.26. The lowest BCUT2D eigenvalue weighted by Gasteiger charge is -2.08. The summed E-state index contributed by atoms with van der Waals surface area (Å²) in [6.45, 7) is 8.02. The molecule has 2 aromatic heterocycles. The van der Waals surface area contributed by atoms with Crippen molar-refractivity contribution in [1.29, 1.82) is 0 Å².